The van der Waals surface area contributed by atoms with Crippen LogP contribution in [0.5, 0.6) is 0 Å². The predicted octanol–water partition coefficient (Wildman–Crippen LogP) is 2.60. The van der Waals surface area contributed by atoms with Crippen LogP contribution in [0.3, 0.4) is 0 Å². The van der Waals surface area contributed by atoms with Crippen LogP contribution in [0.1, 0.15) is 26.7 Å². The molecule has 0 radical (unpaired) electrons. The zero-order valence-electron chi connectivity index (χ0n) is 12.5. The number of alkyl halides is 3. The van der Waals surface area contributed by atoms with E-state index in [1.807, 2.05) is 20.9 Å². The lowest BCUT2D eigenvalue weighted by Gasteiger charge is -2.48. The first-order valence-corrected chi connectivity index (χ1v) is 7.33. The molecular formula is C15H21F3N2O. The van der Waals surface area contributed by atoms with E-state index in [-0.39, 0.29) is 18.6 Å². The highest BCUT2D eigenvalue weighted by molar-refractivity contribution is 5.46. The van der Waals surface area contributed by atoms with Gasteiger partial charge in [-0.1, -0.05) is 6.08 Å². The van der Waals surface area contributed by atoms with Crippen LogP contribution in [0.4, 0.5) is 13.2 Å². The molecule has 6 heteroatoms. The Labute approximate surface area is 122 Å². The third-order valence-corrected chi connectivity index (χ3v) is 4.46. The topological polar surface area (TPSA) is 24.5 Å². The van der Waals surface area contributed by atoms with E-state index < -0.39 is 17.4 Å². The van der Waals surface area contributed by atoms with E-state index >= 15 is 0 Å². The van der Waals surface area contributed by atoms with Gasteiger partial charge in [0.1, 0.15) is 11.4 Å². The van der Waals surface area contributed by atoms with Crippen LogP contribution in [0.15, 0.2) is 23.0 Å². The highest BCUT2D eigenvalue weighted by Crippen LogP contribution is 2.44. The molecule has 1 saturated heterocycles. The summed E-state index contributed by atoms with van der Waals surface area (Å²) < 4.78 is 46.1. The van der Waals surface area contributed by atoms with Crippen molar-refractivity contribution >= 4 is 0 Å². The van der Waals surface area contributed by atoms with E-state index in [2.05, 4.69) is 10.2 Å². The van der Waals surface area contributed by atoms with E-state index in [0.717, 1.165) is 13.0 Å². The number of morpholine rings is 1. The van der Waals surface area contributed by atoms with Crippen molar-refractivity contribution in [3.8, 4) is 0 Å². The minimum absolute atomic E-state index is 0.0464. The molecule has 2 aliphatic heterocycles. The van der Waals surface area contributed by atoms with E-state index in [4.69, 9.17) is 4.74 Å². The van der Waals surface area contributed by atoms with Gasteiger partial charge in [0.15, 0.2) is 0 Å². The Hall–Kier alpha value is -1.01. The van der Waals surface area contributed by atoms with Crippen LogP contribution in [0.2, 0.25) is 0 Å². The lowest BCUT2D eigenvalue weighted by Crippen LogP contribution is -2.55. The van der Waals surface area contributed by atoms with Crippen LogP contribution >= 0.6 is 0 Å². The van der Waals surface area contributed by atoms with Crippen molar-refractivity contribution in [2.75, 3.05) is 20.1 Å². The van der Waals surface area contributed by atoms with Crippen molar-refractivity contribution in [2.45, 2.75) is 50.6 Å². The number of ether oxygens (including phenoxy) is 1. The Morgan fingerprint density at radius 3 is 2.71 bits per heavy atom. The van der Waals surface area contributed by atoms with Crippen molar-refractivity contribution in [2.24, 2.45) is 0 Å². The molecule has 0 aromatic carbocycles. The summed E-state index contributed by atoms with van der Waals surface area (Å²) in [6, 6.07) is -0.296. The van der Waals surface area contributed by atoms with E-state index in [9.17, 15) is 13.2 Å². The Bertz CT molecular complexity index is 508. The maximum absolute atomic E-state index is 13.4. The summed E-state index contributed by atoms with van der Waals surface area (Å²) >= 11 is 0. The van der Waals surface area contributed by atoms with Gasteiger partial charge in [-0.15, -0.1) is 0 Å². The molecular weight excluding hydrogens is 281 g/mol. The molecule has 3 nitrogen and oxygen atoms in total. The van der Waals surface area contributed by atoms with Crippen LogP contribution in [-0.4, -0.2) is 48.9 Å². The van der Waals surface area contributed by atoms with Gasteiger partial charge in [-0.2, -0.15) is 13.2 Å². The van der Waals surface area contributed by atoms with Gasteiger partial charge < -0.3 is 10.1 Å². The van der Waals surface area contributed by atoms with Crippen LogP contribution in [0.25, 0.3) is 0 Å². The fourth-order valence-electron chi connectivity index (χ4n) is 3.74. The number of likely N-dealkylation sites (N-methyl/N-ethyl adjacent to an activating group) is 1. The fourth-order valence-corrected chi connectivity index (χ4v) is 3.74. The molecule has 3 aliphatic rings. The minimum Gasteiger partial charge on any atom is -0.489 e. The molecule has 3 rings (SSSR count). The lowest BCUT2D eigenvalue weighted by molar-refractivity contribution is -0.0961. The largest absolute Gasteiger partial charge is 0.489 e. The maximum Gasteiger partial charge on any atom is 0.416 e. The molecule has 0 aromatic rings. The average molecular weight is 302 g/mol. The number of nitrogens with one attached hydrogen (secondary N) is 1. The molecule has 0 saturated carbocycles. The second-order valence-corrected chi connectivity index (χ2v) is 6.72. The summed E-state index contributed by atoms with van der Waals surface area (Å²) in [5, 5.41) is 3.17. The van der Waals surface area contributed by atoms with Crippen molar-refractivity contribution in [3.63, 3.8) is 0 Å². The van der Waals surface area contributed by atoms with Crippen LogP contribution in [0, 0.1) is 0 Å². The van der Waals surface area contributed by atoms with Gasteiger partial charge in [0.25, 0.3) is 0 Å². The molecule has 0 spiro atoms. The van der Waals surface area contributed by atoms with Crippen molar-refractivity contribution in [1.29, 1.82) is 0 Å². The zero-order valence-corrected chi connectivity index (χ0v) is 12.5. The smallest absolute Gasteiger partial charge is 0.416 e. The standard InChI is InChI=1S/C15H21F3N2O/c1-14(2)8-20(3)11-5-4-10-12(13(11)21-14)9(6-7-19-10)15(16,17)18/h6,10-11,19H,4-5,7-8H2,1-3H3. The Morgan fingerprint density at radius 2 is 2.05 bits per heavy atom. The van der Waals surface area contributed by atoms with Crippen molar-refractivity contribution in [1.82, 2.24) is 10.2 Å². The SMILES string of the molecule is CN1CC(C)(C)OC2=C3C(C(F)(F)F)=CCNC3CCC21. The summed E-state index contributed by atoms with van der Waals surface area (Å²) in [6.45, 7) is 4.83. The molecule has 1 N–H and O–H groups in total. The predicted molar refractivity (Wildman–Crippen MR) is 73.8 cm³/mol. The molecule has 2 atom stereocenters. The third-order valence-electron chi connectivity index (χ3n) is 4.46. The van der Waals surface area contributed by atoms with Gasteiger partial charge in [-0.05, 0) is 33.7 Å². The Morgan fingerprint density at radius 1 is 1.33 bits per heavy atom. The van der Waals surface area contributed by atoms with Gasteiger partial charge >= 0.3 is 6.18 Å². The first-order valence-electron chi connectivity index (χ1n) is 7.33. The van der Waals surface area contributed by atoms with E-state index in [1.165, 1.54) is 6.08 Å². The Kier molecular flexibility index (Phi) is 3.37. The number of fused-ring (bicyclic) bond motifs is 2. The highest BCUT2D eigenvalue weighted by atomic mass is 19.4. The number of halogens is 3. The number of hydrogen-bond donors (Lipinski definition) is 1. The van der Waals surface area contributed by atoms with E-state index in [0.29, 0.717) is 17.8 Å². The van der Waals surface area contributed by atoms with Crippen molar-refractivity contribution in [3.05, 3.63) is 23.0 Å². The van der Waals surface area contributed by atoms with Crippen LogP contribution < -0.4 is 5.32 Å². The second-order valence-electron chi connectivity index (χ2n) is 6.72. The number of nitrogens with zero attached hydrogens (tertiary/aromatic N) is 1. The molecule has 0 bridgehead atoms. The molecule has 118 valence electrons. The molecule has 1 aliphatic carbocycles. The van der Waals surface area contributed by atoms with Gasteiger partial charge in [0, 0.05) is 24.7 Å². The quantitative estimate of drug-likeness (QED) is 0.744. The van der Waals surface area contributed by atoms with E-state index in [1.54, 1.807) is 0 Å². The summed E-state index contributed by atoms with van der Waals surface area (Å²) in [7, 11) is 1.96. The number of hydrogen-bond acceptors (Lipinski definition) is 3. The monoisotopic (exact) mass is 302 g/mol. The summed E-state index contributed by atoms with van der Waals surface area (Å²) in [5.74, 6) is 0.515. The normalized spacial score (nSPS) is 33.0. The summed E-state index contributed by atoms with van der Waals surface area (Å²) in [5.41, 5.74) is -0.662. The molecule has 2 unspecified atom stereocenters. The molecule has 2 heterocycles. The van der Waals surface area contributed by atoms with Crippen LogP contribution in [-0.2, 0) is 4.74 Å². The second kappa shape index (κ2) is 4.74. The highest BCUT2D eigenvalue weighted by Gasteiger charge is 2.48. The van der Waals surface area contributed by atoms with Gasteiger partial charge in [0.05, 0.1) is 11.6 Å². The zero-order chi connectivity index (χ0) is 15.4. The van der Waals surface area contributed by atoms with Crippen molar-refractivity contribution < 1.29 is 17.9 Å². The summed E-state index contributed by atoms with van der Waals surface area (Å²) in [4.78, 5) is 2.12. The molecule has 0 amide bonds. The molecule has 21 heavy (non-hydrogen) atoms. The minimum atomic E-state index is -4.33. The molecule has 0 aromatic heterocycles. The lowest BCUT2D eigenvalue weighted by atomic mass is 9.81. The average Bonchev–Trinajstić information content (AvgIpc) is 2.35. The first kappa shape index (κ1) is 14.9. The van der Waals surface area contributed by atoms with Gasteiger partial charge in [-0.25, -0.2) is 0 Å². The maximum atomic E-state index is 13.4. The molecule has 1 fully saturated rings. The Balaban J connectivity index is 2.11. The fraction of sp³-hybridized carbons (Fsp3) is 0.733. The summed E-state index contributed by atoms with van der Waals surface area (Å²) in [6.07, 6.45) is -1.54. The third kappa shape index (κ3) is 2.59. The first-order chi connectivity index (χ1) is 9.69. The van der Waals surface area contributed by atoms with Gasteiger partial charge in [0.2, 0.25) is 0 Å². The van der Waals surface area contributed by atoms with Gasteiger partial charge in [-0.3, -0.25) is 4.90 Å². The number of rotatable bonds is 0.